The molecule has 0 aromatic rings. The summed E-state index contributed by atoms with van der Waals surface area (Å²) in [6.07, 6.45) is 2.45. The van der Waals surface area contributed by atoms with Gasteiger partial charge in [0.25, 0.3) is 0 Å². The monoisotopic (exact) mass is 424 g/mol. The van der Waals surface area contributed by atoms with Crippen molar-refractivity contribution in [2.75, 3.05) is 39.8 Å². The summed E-state index contributed by atoms with van der Waals surface area (Å²) < 4.78 is 0. The molecule has 1 aliphatic heterocycles. The van der Waals surface area contributed by atoms with E-state index in [0.29, 0.717) is 5.41 Å². The molecule has 0 saturated carbocycles. The Morgan fingerprint density at radius 3 is 2.14 bits per heavy atom. The molecule has 1 rings (SSSR count). The van der Waals surface area contributed by atoms with E-state index in [4.69, 9.17) is 0 Å². The van der Waals surface area contributed by atoms with Crippen molar-refractivity contribution in [3.8, 4) is 0 Å². The van der Waals surface area contributed by atoms with Crippen molar-refractivity contribution < 1.29 is 0 Å². The minimum Gasteiger partial charge on any atom is -0.356 e. The third kappa shape index (κ3) is 4.98. The highest BCUT2D eigenvalue weighted by molar-refractivity contribution is 14.0. The van der Waals surface area contributed by atoms with Crippen LogP contribution in [0.5, 0.6) is 0 Å². The maximum Gasteiger partial charge on any atom is 0.194 e. The Balaban J connectivity index is 0.00000441. The van der Waals surface area contributed by atoms with Gasteiger partial charge < -0.3 is 15.1 Å². The van der Waals surface area contributed by atoms with Gasteiger partial charge in [-0.25, -0.2) is 0 Å². The number of aliphatic imine (C=N–C) groups is 1. The first-order valence-electron chi connectivity index (χ1n) is 8.50. The summed E-state index contributed by atoms with van der Waals surface area (Å²) in [7, 11) is 1.89. The van der Waals surface area contributed by atoms with E-state index < -0.39 is 0 Å². The zero-order valence-corrected chi connectivity index (χ0v) is 18.0. The van der Waals surface area contributed by atoms with Crippen LogP contribution < -0.4 is 5.32 Å². The highest BCUT2D eigenvalue weighted by atomic mass is 127. The third-order valence-electron chi connectivity index (χ3n) is 5.43. The lowest BCUT2D eigenvalue weighted by Crippen LogP contribution is -2.72. The Labute approximate surface area is 155 Å². The van der Waals surface area contributed by atoms with E-state index in [0.717, 1.165) is 32.1 Å². The van der Waals surface area contributed by atoms with E-state index in [1.165, 1.54) is 19.4 Å². The topological polar surface area (TPSA) is 30.9 Å². The van der Waals surface area contributed by atoms with Crippen molar-refractivity contribution in [2.24, 2.45) is 10.4 Å². The summed E-state index contributed by atoms with van der Waals surface area (Å²) in [5, 5.41) is 3.53. The van der Waals surface area contributed by atoms with E-state index >= 15 is 0 Å². The standard InChI is InChI=1S/C17H36N4.HI/c1-8-20(9-2)13-11-10-12-19-15(18-7)21-14-16(3,4)17(21,5)6;/h8-14H2,1-7H3,(H,18,19);1H. The Morgan fingerprint density at radius 2 is 1.73 bits per heavy atom. The smallest absolute Gasteiger partial charge is 0.194 e. The fourth-order valence-corrected chi connectivity index (χ4v) is 2.90. The number of hydrogen-bond donors (Lipinski definition) is 1. The predicted octanol–water partition coefficient (Wildman–Crippen LogP) is 3.42. The lowest BCUT2D eigenvalue weighted by molar-refractivity contribution is -0.0667. The molecule has 1 N–H and O–H groups in total. The van der Waals surface area contributed by atoms with Gasteiger partial charge in [-0.2, -0.15) is 0 Å². The Hall–Kier alpha value is -0.0400. The van der Waals surface area contributed by atoms with Crippen LogP contribution in [0.25, 0.3) is 0 Å². The number of guanidine groups is 1. The number of halogens is 1. The molecule has 1 heterocycles. The number of unbranched alkanes of at least 4 members (excludes halogenated alkanes) is 1. The molecule has 1 saturated heterocycles. The molecule has 0 aromatic carbocycles. The average Bonchev–Trinajstić information content (AvgIpc) is 2.45. The summed E-state index contributed by atoms with van der Waals surface area (Å²) in [6, 6.07) is 0. The summed E-state index contributed by atoms with van der Waals surface area (Å²) in [4.78, 5) is 9.34. The molecule has 0 bridgehead atoms. The van der Waals surface area contributed by atoms with Gasteiger partial charge in [-0.15, -0.1) is 24.0 Å². The maximum absolute atomic E-state index is 4.46. The fourth-order valence-electron chi connectivity index (χ4n) is 2.90. The number of hydrogen-bond acceptors (Lipinski definition) is 2. The van der Waals surface area contributed by atoms with Gasteiger partial charge in [0.15, 0.2) is 5.96 Å². The predicted molar refractivity (Wildman–Crippen MR) is 108 cm³/mol. The number of likely N-dealkylation sites (tertiary alicyclic amines) is 1. The van der Waals surface area contributed by atoms with Crippen LogP contribution in [0, 0.1) is 5.41 Å². The maximum atomic E-state index is 4.46. The van der Waals surface area contributed by atoms with Crippen molar-refractivity contribution in [1.29, 1.82) is 0 Å². The third-order valence-corrected chi connectivity index (χ3v) is 5.43. The molecule has 0 atom stereocenters. The first kappa shape index (κ1) is 22.0. The van der Waals surface area contributed by atoms with E-state index in [-0.39, 0.29) is 29.5 Å². The van der Waals surface area contributed by atoms with E-state index in [1.54, 1.807) is 0 Å². The first-order valence-corrected chi connectivity index (χ1v) is 8.50. The van der Waals surface area contributed by atoms with Crippen molar-refractivity contribution in [3.05, 3.63) is 0 Å². The molecular formula is C17H37IN4. The van der Waals surface area contributed by atoms with Crippen LogP contribution in [0.4, 0.5) is 0 Å². The molecule has 0 spiro atoms. The van der Waals surface area contributed by atoms with Crippen LogP contribution in [0.3, 0.4) is 0 Å². The van der Waals surface area contributed by atoms with Crippen LogP contribution in [0.15, 0.2) is 4.99 Å². The van der Waals surface area contributed by atoms with E-state index in [9.17, 15) is 0 Å². The summed E-state index contributed by atoms with van der Waals surface area (Å²) >= 11 is 0. The second-order valence-corrected chi connectivity index (χ2v) is 7.24. The first-order chi connectivity index (χ1) is 9.80. The molecular weight excluding hydrogens is 387 g/mol. The molecule has 0 aliphatic carbocycles. The molecule has 0 radical (unpaired) electrons. The van der Waals surface area contributed by atoms with Gasteiger partial charge in [-0.05, 0) is 46.3 Å². The lowest BCUT2D eigenvalue weighted by atomic mass is 9.65. The molecule has 132 valence electrons. The van der Waals surface area contributed by atoms with Crippen molar-refractivity contribution in [3.63, 3.8) is 0 Å². The van der Waals surface area contributed by atoms with Gasteiger partial charge in [0.2, 0.25) is 0 Å². The largest absolute Gasteiger partial charge is 0.356 e. The minimum absolute atomic E-state index is 0. The van der Waals surface area contributed by atoms with Gasteiger partial charge >= 0.3 is 0 Å². The van der Waals surface area contributed by atoms with Crippen LogP contribution in [-0.2, 0) is 0 Å². The van der Waals surface area contributed by atoms with Crippen LogP contribution >= 0.6 is 24.0 Å². The molecule has 1 aliphatic rings. The average molecular weight is 424 g/mol. The van der Waals surface area contributed by atoms with Gasteiger partial charge in [-0.1, -0.05) is 27.7 Å². The van der Waals surface area contributed by atoms with Gasteiger partial charge in [0.05, 0.1) is 0 Å². The molecule has 22 heavy (non-hydrogen) atoms. The second-order valence-electron chi connectivity index (χ2n) is 7.24. The van der Waals surface area contributed by atoms with E-state index in [2.05, 4.69) is 61.7 Å². The van der Waals surface area contributed by atoms with E-state index in [1.807, 2.05) is 7.05 Å². The van der Waals surface area contributed by atoms with Crippen molar-refractivity contribution in [2.45, 2.75) is 59.9 Å². The highest BCUT2D eigenvalue weighted by Crippen LogP contribution is 2.46. The van der Waals surface area contributed by atoms with Gasteiger partial charge in [-0.3, -0.25) is 4.99 Å². The molecule has 1 fully saturated rings. The molecule has 4 nitrogen and oxygen atoms in total. The Kier molecular flexibility index (Phi) is 9.29. The summed E-state index contributed by atoms with van der Waals surface area (Å²) in [5.41, 5.74) is 0.531. The van der Waals surface area contributed by atoms with Crippen molar-refractivity contribution >= 4 is 29.9 Å². The lowest BCUT2D eigenvalue weighted by Gasteiger charge is -2.62. The normalized spacial score (nSPS) is 19.6. The fraction of sp³-hybridized carbons (Fsp3) is 0.941. The number of nitrogens with one attached hydrogen (secondary N) is 1. The molecule has 5 heteroatoms. The molecule has 0 amide bonds. The summed E-state index contributed by atoms with van der Waals surface area (Å²) in [5.74, 6) is 1.06. The number of rotatable bonds is 7. The second kappa shape index (κ2) is 9.30. The highest BCUT2D eigenvalue weighted by Gasteiger charge is 2.53. The SMILES string of the molecule is CCN(CC)CCCCNC(=NC)N1CC(C)(C)C1(C)C.I. The molecule has 0 aromatic heterocycles. The van der Waals surface area contributed by atoms with Crippen LogP contribution in [0.1, 0.15) is 54.4 Å². The van der Waals surface area contributed by atoms with Gasteiger partial charge in [0, 0.05) is 31.1 Å². The minimum atomic E-state index is 0. The Bertz CT molecular complexity index is 349. The Morgan fingerprint density at radius 1 is 1.14 bits per heavy atom. The zero-order chi connectivity index (χ0) is 16.1. The quantitative estimate of drug-likeness (QED) is 0.294. The van der Waals surface area contributed by atoms with Gasteiger partial charge in [0.1, 0.15) is 0 Å². The van der Waals surface area contributed by atoms with Crippen LogP contribution in [0.2, 0.25) is 0 Å². The van der Waals surface area contributed by atoms with Crippen molar-refractivity contribution in [1.82, 2.24) is 15.1 Å². The number of nitrogens with zero attached hydrogens (tertiary/aromatic N) is 3. The zero-order valence-electron chi connectivity index (χ0n) is 15.7. The summed E-state index contributed by atoms with van der Waals surface area (Å²) in [6.45, 7) is 19.4. The van der Waals surface area contributed by atoms with Crippen LogP contribution in [-0.4, -0.2) is 61.1 Å². The molecule has 0 unspecified atom stereocenters.